The van der Waals surface area contributed by atoms with Crippen molar-refractivity contribution < 1.29 is 14.7 Å². The van der Waals surface area contributed by atoms with E-state index in [1.165, 1.54) is 4.90 Å². The van der Waals surface area contributed by atoms with E-state index in [1.807, 2.05) is 6.92 Å². The van der Waals surface area contributed by atoms with Gasteiger partial charge in [-0.15, -0.1) is 0 Å². The van der Waals surface area contributed by atoms with Gasteiger partial charge in [-0.25, -0.2) is 4.79 Å². The normalized spacial score (nSPS) is 28.8. The van der Waals surface area contributed by atoms with Gasteiger partial charge in [-0.05, 0) is 19.3 Å². The Labute approximate surface area is 82.1 Å². The molecule has 0 aromatic rings. The molecule has 2 rings (SSSR count). The zero-order valence-corrected chi connectivity index (χ0v) is 8.12. The van der Waals surface area contributed by atoms with Gasteiger partial charge < -0.3 is 10.4 Å². The van der Waals surface area contributed by atoms with E-state index in [9.17, 15) is 9.59 Å². The summed E-state index contributed by atoms with van der Waals surface area (Å²) in [6, 6.07) is -0.501. The van der Waals surface area contributed by atoms with Crippen LogP contribution in [0.2, 0.25) is 0 Å². The quantitative estimate of drug-likeness (QED) is 0.641. The number of nitrogens with zero attached hydrogens (tertiary/aromatic N) is 1. The third kappa shape index (κ3) is 1.32. The van der Waals surface area contributed by atoms with E-state index in [0.717, 1.165) is 12.8 Å². The second-order valence-corrected chi connectivity index (χ2v) is 4.10. The van der Waals surface area contributed by atoms with Crippen LogP contribution < -0.4 is 5.32 Å². The number of amides is 2. The highest BCUT2D eigenvalue weighted by Crippen LogP contribution is 2.39. The maximum Gasteiger partial charge on any atom is 0.408 e. The maximum absolute atomic E-state index is 11.6. The molecule has 1 unspecified atom stereocenters. The summed E-state index contributed by atoms with van der Waals surface area (Å²) in [6.07, 6.45) is 1.35. The molecule has 1 saturated carbocycles. The fourth-order valence-corrected chi connectivity index (χ4v) is 2.00. The Bertz CT molecular complexity index is 286. The second kappa shape index (κ2) is 2.87. The van der Waals surface area contributed by atoms with Crippen LogP contribution in [0.5, 0.6) is 0 Å². The van der Waals surface area contributed by atoms with E-state index in [1.54, 1.807) is 0 Å². The van der Waals surface area contributed by atoms with Crippen LogP contribution in [0, 0.1) is 0 Å². The molecule has 1 heterocycles. The lowest BCUT2D eigenvalue weighted by Crippen LogP contribution is -2.62. The van der Waals surface area contributed by atoms with Gasteiger partial charge in [0.25, 0.3) is 0 Å². The molecule has 5 nitrogen and oxygen atoms in total. The van der Waals surface area contributed by atoms with Gasteiger partial charge in [-0.1, -0.05) is 6.92 Å². The molecule has 14 heavy (non-hydrogen) atoms. The summed E-state index contributed by atoms with van der Waals surface area (Å²) in [5, 5.41) is 11.9. The van der Waals surface area contributed by atoms with Gasteiger partial charge in [-0.3, -0.25) is 9.69 Å². The number of piperazine rings is 1. The molecule has 0 bridgehead atoms. The highest BCUT2D eigenvalue weighted by molar-refractivity contribution is 5.87. The van der Waals surface area contributed by atoms with Crippen molar-refractivity contribution in [3.8, 4) is 0 Å². The summed E-state index contributed by atoms with van der Waals surface area (Å²) < 4.78 is 0. The number of nitrogens with one attached hydrogen (secondary N) is 1. The van der Waals surface area contributed by atoms with Gasteiger partial charge in [0.1, 0.15) is 6.04 Å². The standard InChI is InChI=1S/C9H14N2O3/c1-2-6-7(12)10-9(3-4-9)5-11(6)8(13)14/h6H,2-5H2,1H3,(H,10,12)(H,13,14). The molecule has 2 amide bonds. The van der Waals surface area contributed by atoms with Crippen LogP contribution in [-0.2, 0) is 4.79 Å². The molecule has 2 aliphatic rings. The van der Waals surface area contributed by atoms with Crippen molar-refractivity contribution in [2.75, 3.05) is 6.54 Å². The zero-order chi connectivity index (χ0) is 10.3. The number of carbonyl (C=O) groups excluding carboxylic acids is 1. The Morgan fingerprint density at radius 2 is 2.36 bits per heavy atom. The molecular formula is C9H14N2O3. The van der Waals surface area contributed by atoms with Crippen molar-refractivity contribution in [2.45, 2.75) is 37.8 Å². The Morgan fingerprint density at radius 1 is 1.71 bits per heavy atom. The maximum atomic E-state index is 11.6. The van der Waals surface area contributed by atoms with Gasteiger partial charge in [0.15, 0.2) is 0 Å². The fourth-order valence-electron chi connectivity index (χ4n) is 2.00. The summed E-state index contributed by atoms with van der Waals surface area (Å²) in [5.41, 5.74) is -0.221. The lowest BCUT2D eigenvalue weighted by Gasteiger charge is -2.37. The number of hydrogen-bond acceptors (Lipinski definition) is 2. The van der Waals surface area contributed by atoms with Crippen molar-refractivity contribution in [2.24, 2.45) is 0 Å². The molecule has 1 saturated heterocycles. The Hall–Kier alpha value is -1.26. The minimum absolute atomic E-state index is 0.140. The highest BCUT2D eigenvalue weighted by Gasteiger charge is 2.52. The summed E-state index contributed by atoms with van der Waals surface area (Å²) in [4.78, 5) is 23.8. The Balaban J connectivity index is 2.18. The van der Waals surface area contributed by atoms with E-state index in [-0.39, 0.29) is 11.4 Å². The van der Waals surface area contributed by atoms with E-state index in [2.05, 4.69) is 5.32 Å². The van der Waals surface area contributed by atoms with Crippen molar-refractivity contribution >= 4 is 12.0 Å². The topological polar surface area (TPSA) is 69.6 Å². The number of carbonyl (C=O) groups is 2. The lowest BCUT2D eigenvalue weighted by molar-refractivity contribution is -0.130. The first-order valence-electron chi connectivity index (χ1n) is 4.89. The monoisotopic (exact) mass is 198 g/mol. The molecule has 1 aliphatic heterocycles. The molecule has 1 spiro atoms. The lowest BCUT2D eigenvalue weighted by atomic mass is 10.1. The summed E-state index contributed by atoms with van der Waals surface area (Å²) in [5.74, 6) is -0.140. The van der Waals surface area contributed by atoms with Gasteiger partial charge in [0, 0.05) is 6.54 Å². The molecule has 0 radical (unpaired) electrons. The first-order valence-corrected chi connectivity index (χ1v) is 4.89. The predicted molar refractivity (Wildman–Crippen MR) is 48.9 cm³/mol. The molecule has 1 aliphatic carbocycles. The number of carboxylic acid groups (broad SMARTS) is 1. The van der Waals surface area contributed by atoms with Crippen molar-refractivity contribution in [1.82, 2.24) is 10.2 Å². The van der Waals surface area contributed by atoms with Crippen LogP contribution >= 0.6 is 0 Å². The third-order valence-electron chi connectivity index (χ3n) is 3.03. The van der Waals surface area contributed by atoms with Crippen LogP contribution in [-0.4, -0.2) is 40.1 Å². The summed E-state index contributed by atoms with van der Waals surface area (Å²) in [6.45, 7) is 2.28. The first kappa shape index (κ1) is 9.30. The molecular weight excluding hydrogens is 184 g/mol. The molecule has 0 aromatic carbocycles. The van der Waals surface area contributed by atoms with Gasteiger partial charge in [0.2, 0.25) is 5.91 Å². The third-order valence-corrected chi connectivity index (χ3v) is 3.03. The van der Waals surface area contributed by atoms with E-state index >= 15 is 0 Å². The first-order chi connectivity index (χ1) is 6.58. The van der Waals surface area contributed by atoms with Gasteiger partial charge in [-0.2, -0.15) is 0 Å². The zero-order valence-electron chi connectivity index (χ0n) is 8.12. The van der Waals surface area contributed by atoms with Crippen LogP contribution in [0.4, 0.5) is 4.79 Å². The minimum atomic E-state index is -0.988. The second-order valence-electron chi connectivity index (χ2n) is 4.10. The van der Waals surface area contributed by atoms with Gasteiger partial charge in [0.05, 0.1) is 5.54 Å². The smallest absolute Gasteiger partial charge is 0.408 e. The van der Waals surface area contributed by atoms with Crippen LogP contribution in [0.25, 0.3) is 0 Å². The van der Waals surface area contributed by atoms with Gasteiger partial charge >= 0.3 is 6.09 Å². The number of rotatable bonds is 1. The van der Waals surface area contributed by atoms with E-state index < -0.39 is 12.1 Å². The fraction of sp³-hybridized carbons (Fsp3) is 0.778. The van der Waals surface area contributed by atoms with Crippen molar-refractivity contribution in [1.29, 1.82) is 0 Å². The van der Waals surface area contributed by atoms with E-state index in [0.29, 0.717) is 13.0 Å². The minimum Gasteiger partial charge on any atom is -0.465 e. The van der Waals surface area contributed by atoms with Crippen LogP contribution in [0.15, 0.2) is 0 Å². The highest BCUT2D eigenvalue weighted by atomic mass is 16.4. The summed E-state index contributed by atoms with van der Waals surface area (Å²) >= 11 is 0. The summed E-state index contributed by atoms with van der Waals surface area (Å²) in [7, 11) is 0. The van der Waals surface area contributed by atoms with Crippen molar-refractivity contribution in [3.05, 3.63) is 0 Å². The molecule has 2 N–H and O–H groups in total. The van der Waals surface area contributed by atoms with Crippen molar-refractivity contribution in [3.63, 3.8) is 0 Å². The SMILES string of the molecule is CCC1C(=O)NC2(CC2)CN1C(=O)O. The predicted octanol–water partition coefficient (Wildman–Crippen LogP) is 0.407. The van der Waals surface area contributed by atoms with Crippen LogP contribution in [0.1, 0.15) is 26.2 Å². The Morgan fingerprint density at radius 3 is 2.79 bits per heavy atom. The molecule has 5 heteroatoms. The Kier molecular flexibility index (Phi) is 1.90. The van der Waals surface area contributed by atoms with E-state index in [4.69, 9.17) is 5.11 Å². The molecule has 1 atom stereocenters. The largest absolute Gasteiger partial charge is 0.465 e. The average Bonchev–Trinajstić information content (AvgIpc) is 2.84. The molecule has 2 fully saturated rings. The average molecular weight is 198 g/mol. The molecule has 0 aromatic heterocycles. The van der Waals surface area contributed by atoms with Crippen LogP contribution in [0.3, 0.4) is 0 Å². The number of hydrogen-bond donors (Lipinski definition) is 2. The molecule has 78 valence electrons.